The molecule has 1 heterocycles. The Morgan fingerprint density at radius 3 is 1.48 bits per heavy atom. The standard InChI is InChI=1S/C42H28N2/c1-2-10-29(11-3-1)30-20-26-35(27-21-30)42-43-40(28-41(44-42)39-19-9-15-32-13-5-7-17-38(32)39)34-24-22-33(23-25-34)37-18-8-14-31-12-4-6-16-36(31)37/h1-28H. The van der Waals surface area contributed by atoms with Gasteiger partial charge in [-0.25, -0.2) is 9.97 Å². The van der Waals surface area contributed by atoms with E-state index in [1.807, 2.05) is 6.07 Å². The Morgan fingerprint density at radius 2 is 0.773 bits per heavy atom. The van der Waals surface area contributed by atoms with Crippen molar-refractivity contribution in [3.63, 3.8) is 0 Å². The molecule has 0 aliphatic heterocycles. The monoisotopic (exact) mass is 560 g/mol. The van der Waals surface area contributed by atoms with Crippen molar-refractivity contribution in [2.75, 3.05) is 0 Å². The highest BCUT2D eigenvalue weighted by Gasteiger charge is 2.13. The summed E-state index contributed by atoms with van der Waals surface area (Å²) in [5.74, 6) is 0.711. The zero-order valence-corrected chi connectivity index (χ0v) is 24.1. The minimum atomic E-state index is 0.711. The first-order valence-corrected chi connectivity index (χ1v) is 14.9. The lowest BCUT2D eigenvalue weighted by Crippen LogP contribution is -1.96. The molecule has 0 saturated carbocycles. The molecule has 206 valence electrons. The fourth-order valence-corrected chi connectivity index (χ4v) is 6.05. The van der Waals surface area contributed by atoms with E-state index in [2.05, 4.69) is 164 Å². The Morgan fingerprint density at radius 1 is 0.295 bits per heavy atom. The maximum Gasteiger partial charge on any atom is 0.160 e. The first kappa shape index (κ1) is 25.8. The summed E-state index contributed by atoms with van der Waals surface area (Å²) >= 11 is 0. The minimum absolute atomic E-state index is 0.711. The second-order valence-electron chi connectivity index (χ2n) is 11.0. The number of rotatable bonds is 5. The van der Waals surface area contributed by atoms with Crippen molar-refractivity contribution in [1.29, 1.82) is 0 Å². The molecule has 0 aliphatic rings. The van der Waals surface area contributed by atoms with E-state index in [0.29, 0.717) is 5.82 Å². The van der Waals surface area contributed by atoms with Crippen molar-refractivity contribution in [1.82, 2.24) is 9.97 Å². The van der Waals surface area contributed by atoms with Crippen molar-refractivity contribution in [2.24, 2.45) is 0 Å². The number of hydrogen-bond donors (Lipinski definition) is 0. The number of aromatic nitrogens is 2. The molecule has 1 aromatic heterocycles. The normalized spacial score (nSPS) is 11.2. The van der Waals surface area contributed by atoms with Crippen LogP contribution in [0.3, 0.4) is 0 Å². The molecule has 0 unspecified atom stereocenters. The van der Waals surface area contributed by atoms with E-state index < -0.39 is 0 Å². The van der Waals surface area contributed by atoms with Gasteiger partial charge >= 0.3 is 0 Å². The molecule has 0 N–H and O–H groups in total. The van der Waals surface area contributed by atoms with Crippen LogP contribution >= 0.6 is 0 Å². The summed E-state index contributed by atoms with van der Waals surface area (Å²) in [5.41, 5.74) is 9.72. The average molecular weight is 561 g/mol. The highest BCUT2D eigenvalue weighted by atomic mass is 14.9. The first-order valence-electron chi connectivity index (χ1n) is 14.9. The van der Waals surface area contributed by atoms with Crippen LogP contribution in [0.15, 0.2) is 170 Å². The Labute approximate surface area is 257 Å². The Balaban J connectivity index is 1.25. The van der Waals surface area contributed by atoms with Crippen molar-refractivity contribution in [3.05, 3.63) is 170 Å². The number of benzene rings is 7. The molecular weight excluding hydrogens is 532 g/mol. The van der Waals surface area contributed by atoms with Crippen LogP contribution in [0.5, 0.6) is 0 Å². The van der Waals surface area contributed by atoms with E-state index >= 15 is 0 Å². The molecule has 0 radical (unpaired) electrons. The van der Waals surface area contributed by atoms with Crippen molar-refractivity contribution in [2.45, 2.75) is 0 Å². The molecule has 0 atom stereocenters. The molecule has 8 aromatic rings. The van der Waals surface area contributed by atoms with Crippen LogP contribution in [-0.2, 0) is 0 Å². The van der Waals surface area contributed by atoms with Gasteiger partial charge in [0.2, 0.25) is 0 Å². The molecule has 2 heteroatoms. The van der Waals surface area contributed by atoms with Gasteiger partial charge in [0.15, 0.2) is 5.82 Å². The predicted octanol–water partition coefficient (Wildman–Crippen LogP) is 11.1. The van der Waals surface area contributed by atoms with Crippen molar-refractivity contribution < 1.29 is 0 Å². The molecule has 0 bridgehead atoms. The number of nitrogens with zero attached hydrogens (tertiary/aromatic N) is 2. The Kier molecular flexibility index (Phi) is 6.51. The molecule has 0 saturated heterocycles. The van der Waals surface area contributed by atoms with Crippen LogP contribution < -0.4 is 0 Å². The minimum Gasteiger partial charge on any atom is -0.228 e. The van der Waals surface area contributed by atoms with Gasteiger partial charge in [-0.15, -0.1) is 0 Å². The van der Waals surface area contributed by atoms with Gasteiger partial charge in [-0.3, -0.25) is 0 Å². The third-order valence-corrected chi connectivity index (χ3v) is 8.32. The molecule has 44 heavy (non-hydrogen) atoms. The zero-order valence-electron chi connectivity index (χ0n) is 24.1. The molecule has 2 nitrogen and oxygen atoms in total. The molecule has 0 fully saturated rings. The van der Waals surface area contributed by atoms with Gasteiger partial charge < -0.3 is 0 Å². The van der Waals surface area contributed by atoms with Crippen LogP contribution in [0.1, 0.15) is 0 Å². The van der Waals surface area contributed by atoms with Crippen LogP contribution in [-0.4, -0.2) is 9.97 Å². The zero-order chi connectivity index (χ0) is 29.3. The topological polar surface area (TPSA) is 25.8 Å². The van der Waals surface area contributed by atoms with Gasteiger partial charge in [-0.2, -0.15) is 0 Å². The average Bonchev–Trinajstić information content (AvgIpc) is 3.11. The molecular formula is C42H28N2. The second kappa shape index (κ2) is 11.1. The van der Waals surface area contributed by atoms with Crippen molar-refractivity contribution in [3.8, 4) is 56.2 Å². The van der Waals surface area contributed by atoms with Gasteiger partial charge in [0.1, 0.15) is 0 Å². The van der Waals surface area contributed by atoms with Gasteiger partial charge in [0, 0.05) is 16.7 Å². The SMILES string of the molecule is c1ccc(-c2ccc(-c3nc(-c4ccc(-c5cccc6ccccc56)cc4)cc(-c4cccc5ccccc45)n3)cc2)cc1. The summed E-state index contributed by atoms with van der Waals surface area (Å²) in [7, 11) is 0. The lowest BCUT2D eigenvalue weighted by molar-refractivity contribution is 1.18. The van der Waals surface area contributed by atoms with Crippen LogP contribution in [0.2, 0.25) is 0 Å². The molecule has 0 amide bonds. The quantitative estimate of drug-likeness (QED) is 0.209. The van der Waals surface area contributed by atoms with E-state index in [1.165, 1.54) is 43.8 Å². The van der Waals surface area contributed by atoms with Crippen LogP contribution in [0.4, 0.5) is 0 Å². The van der Waals surface area contributed by atoms with E-state index in [0.717, 1.165) is 28.1 Å². The summed E-state index contributed by atoms with van der Waals surface area (Å²) in [5, 5.41) is 4.87. The first-order chi connectivity index (χ1) is 21.8. The summed E-state index contributed by atoms with van der Waals surface area (Å²) in [6, 6.07) is 59.8. The van der Waals surface area contributed by atoms with Gasteiger partial charge in [-0.1, -0.05) is 164 Å². The van der Waals surface area contributed by atoms with E-state index in [4.69, 9.17) is 9.97 Å². The van der Waals surface area contributed by atoms with E-state index in [-0.39, 0.29) is 0 Å². The lowest BCUT2D eigenvalue weighted by atomic mass is 9.96. The van der Waals surface area contributed by atoms with E-state index in [9.17, 15) is 0 Å². The fourth-order valence-electron chi connectivity index (χ4n) is 6.05. The summed E-state index contributed by atoms with van der Waals surface area (Å²) in [6.45, 7) is 0. The lowest BCUT2D eigenvalue weighted by Gasteiger charge is -2.12. The van der Waals surface area contributed by atoms with Crippen molar-refractivity contribution >= 4 is 21.5 Å². The second-order valence-corrected chi connectivity index (χ2v) is 11.0. The number of fused-ring (bicyclic) bond motifs is 2. The fraction of sp³-hybridized carbons (Fsp3) is 0. The van der Waals surface area contributed by atoms with Crippen LogP contribution in [0.25, 0.3) is 77.7 Å². The maximum atomic E-state index is 5.14. The summed E-state index contributed by atoms with van der Waals surface area (Å²) in [6.07, 6.45) is 0. The van der Waals surface area contributed by atoms with Gasteiger partial charge in [0.25, 0.3) is 0 Å². The predicted molar refractivity (Wildman–Crippen MR) is 184 cm³/mol. The van der Waals surface area contributed by atoms with Gasteiger partial charge in [0.05, 0.1) is 11.4 Å². The molecule has 0 aliphatic carbocycles. The van der Waals surface area contributed by atoms with Gasteiger partial charge in [-0.05, 0) is 49.9 Å². The third-order valence-electron chi connectivity index (χ3n) is 8.32. The molecule has 8 rings (SSSR count). The Bertz CT molecular complexity index is 2240. The number of hydrogen-bond acceptors (Lipinski definition) is 2. The highest BCUT2D eigenvalue weighted by Crippen LogP contribution is 2.34. The summed E-state index contributed by atoms with van der Waals surface area (Å²) in [4.78, 5) is 10.3. The maximum absolute atomic E-state index is 5.14. The van der Waals surface area contributed by atoms with Crippen LogP contribution in [0, 0.1) is 0 Å². The smallest absolute Gasteiger partial charge is 0.160 e. The largest absolute Gasteiger partial charge is 0.228 e. The summed E-state index contributed by atoms with van der Waals surface area (Å²) < 4.78 is 0. The highest BCUT2D eigenvalue weighted by molar-refractivity contribution is 5.98. The molecule has 7 aromatic carbocycles. The third kappa shape index (κ3) is 4.83. The van der Waals surface area contributed by atoms with E-state index in [1.54, 1.807) is 0 Å². The Hall–Kier alpha value is -5.86. The molecule has 0 spiro atoms.